The van der Waals surface area contributed by atoms with Crippen molar-refractivity contribution in [2.45, 2.75) is 6.92 Å². The fraction of sp³-hybridized carbons (Fsp3) is 0.0667. The predicted molar refractivity (Wildman–Crippen MR) is 79.3 cm³/mol. The standard InChI is InChI=1S/C15H12ClN3O/c1-10-5-6-11(9-12(10)16)18-15(20)13-3-2-4-14-17-7-8-19(13)14/h2-9H,1H3,(H,18,20). The average Bonchev–Trinajstić information content (AvgIpc) is 2.91. The lowest BCUT2D eigenvalue weighted by molar-refractivity contribution is 0.102. The van der Waals surface area contributed by atoms with Crippen LogP contribution in [0.2, 0.25) is 5.02 Å². The number of aryl methyl sites for hydroxylation is 1. The zero-order valence-electron chi connectivity index (χ0n) is 10.8. The average molecular weight is 286 g/mol. The third-order valence-corrected chi connectivity index (χ3v) is 3.50. The molecule has 3 aromatic rings. The highest BCUT2D eigenvalue weighted by molar-refractivity contribution is 6.31. The van der Waals surface area contributed by atoms with Crippen LogP contribution in [0.1, 0.15) is 16.1 Å². The minimum absolute atomic E-state index is 0.200. The molecule has 0 atom stereocenters. The molecular formula is C15H12ClN3O. The molecule has 100 valence electrons. The van der Waals surface area contributed by atoms with Gasteiger partial charge in [-0.2, -0.15) is 0 Å². The molecular weight excluding hydrogens is 274 g/mol. The van der Waals surface area contributed by atoms with Gasteiger partial charge in [-0.3, -0.25) is 9.20 Å². The quantitative estimate of drug-likeness (QED) is 0.783. The number of fused-ring (bicyclic) bond motifs is 1. The van der Waals surface area contributed by atoms with Gasteiger partial charge in [0, 0.05) is 23.1 Å². The molecule has 0 aliphatic rings. The van der Waals surface area contributed by atoms with E-state index in [0.29, 0.717) is 16.4 Å². The lowest BCUT2D eigenvalue weighted by atomic mass is 10.2. The molecule has 0 spiro atoms. The number of nitrogens with one attached hydrogen (secondary N) is 1. The first-order valence-corrected chi connectivity index (χ1v) is 6.52. The Labute approximate surface area is 121 Å². The number of carbonyl (C=O) groups excluding carboxylic acids is 1. The third kappa shape index (κ3) is 2.26. The molecule has 1 aromatic carbocycles. The molecule has 0 bridgehead atoms. The zero-order valence-corrected chi connectivity index (χ0v) is 11.6. The largest absolute Gasteiger partial charge is 0.321 e. The first kappa shape index (κ1) is 12.7. The summed E-state index contributed by atoms with van der Waals surface area (Å²) in [6.45, 7) is 1.92. The van der Waals surface area contributed by atoms with Crippen LogP contribution in [-0.2, 0) is 0 Å². The normalized spacial score (nSPS) is 10.7. The molecule has 2 heterocycles. The van der Waals surface area contributed by atoms with Gasteiger partial charge in [-0.1, -0.05) is 23.7 Å². The number of aromatic nitrogens is 2. The van der Waals surface area contributed by atoms with E-state index in [1.54, 1.807) is 35.0 Å². The van der Waals surface area contributed by atoms with Gasteiger partial charge < -0.3 is 5.32 Å². The second kappa shape index (κ2) is 4.98. The van der Waals surface area contributed by atoms with Crippen LogP contribution in [0, 0.1) is 6.92 Å². The van der Waals surface area contributed by atoms with Gasteiger partial charge in [0.2, 0.25) is 0 Å². The van der Waals surface area contributed by atoms with E-state index >= 15 is 0 Å². The summed E-state index contributed by atoms with van der Waals surface area (Å²) in [4.78, 5) is 16.5. The summed E-state index contributed by atoms with van der Waals surface area (Å²) in [5.74, 6) is -0.200. The predicted octanol–water partition coefficient (Wildman–Crippen LogP) is 3.55. The van der Waals surface area contributed by atoms with Crippen molar-refractivity contribution in [2.75, 3.05) is 5.32 Å². The molecule has 0 aliphatic heterocycles. The fourth-order valence-corrected chi connectivity index (χ4v) is 2.18. The molecule has 0 fully saturated rings. The number of anilines is 1. The van der Waals surface area contributed by atoms with Crippen LogP contribution in [-0.4, -0.2) is 15.3 Å². The van der Waals surface area contributed by atoms with Crippen molar-refractivity contribution in [1.29, 1.82) is 0 Å². The van der Waals surface area contributed by atoms with Crippen molar-refractivity contribution >= 4 is 28.8 Å². The Hall–Kier alpha value is -2.33. The van der Waals surface area contributed by atoms with Crippen LogP contribution in [0.3, 0.4) is 0 Å². The fourth-order valence-electron chi connectivity index (χ4n) is 2.00. The summed E-state index contributed by atoms with van der Waals surface area (Å²) in [6.07, 6.45) is 3.42. The SMILES string of the molecule is Cc1ccc(NC(=O)c2cccc3nccn23)cc1Cl. The number of amides is 1. The molecule has 0 saturated carbocycles. The van der Waals surface area contributed by atoms with Gasteiger partial charge in [-0.15, -0.1) is 0 Å². The number of hydrogen-bond donors (Lipinski definition) is 1. The monoisotopic (exact) mass is 285 g/mol. The Bertz CT molecular complexity index is 795. The minimum atomic E-state index is -0.200. The van der Waals surface area contributed by atoms with Crippen molar-refractivity contribution in [2.24, 2.45) is 0 Å². The Morgan fingerprint density at radius 3 is 2.95 bits per heavy atom. The number of carbonyl (C=O) groups is 1. The highest BCUT2D eigenvalue weighted by Gasteiger charge is 2.10. The molecule has 0 saturated heterocycles. The lowest BCUT2D eigenvalue weighted by Crippen LogP contribution is -2.15. The molecule has 0 aliphatic carbocycles. The van der Waals surface area contributed by atoms with Crippen molar-refractivity contribution in [3.63, 3.8) is 0 Å². The van der Waals surface area contributed by atoms with Gasteiger partial charge in [0.05, 0.1) is 0 Å². The maximum atomic E-state index is 12.3. The molecule has 1 N–H and O–H groups in total. The van der Waals surface area contributed by atoms with E-state index in [0.717, 1.165) is 11.2 Å². The van der Waals surface area contributed by atoms with Gasteiger partial charge in [-0.25, -0.2) is 4.98 Å². The van der Waals surface area contributed by atoms with Crippen molar-refractivity contribution < 1.29 is 4.79 Å². The highest BCUT2D eigenvalue weighted by atomic mass is 35.5. The van der Waals surface area contributed by atoms with Crippen LogP contribution in [0.25, 0.3) is 5.65 Å². The summed E-state index contributed by atoms with van der Waals surface area (Å²) in [7, 11) is 0. The Balaban J connectivity index is 1.93. The molecule has 1 amide bonds. The second-order valence-corrected chi connectivity index (χ2v) is 4.89. The van der Waals surface area contributed by atoms with E-state index in [-0.39, 0.29) is 5.91 Å². The number of pyridine rings is 1. The summed E-state index contributed by atoms with van der Waals surface area (Å²) in [5, 5.41) is 3.46. The first-order valence-electron chi connectivity index (χ1n) is 6.15. The van der Waals surface area contributed by atoms with Crippen LogP contribution in [0.5, 0.6) is 0 Å². The minimum Gasteiger partial charge on any atom is -0.321 e. The van der Waals surface area contributed by atoms with Gasteiger partial charge >= 0.3 is 0 Å². The van der Waals surface area contributed by atoms with Crippen LogP contribution < -0.4 is 5.32 Å². The summed E-state index contributed by atoms with van der Waals surface area (Å²) in [6, 6.07) is 10.8. The van der Waals surface area contributed by atoms with Crippen LogP contribution in [0.15, 0.2) is 48.8 Å². The number of nitrogens with zero attached hydrogens (tertiary/aromatic N) is 2. The molecule has 0 radical (unpaired) electrons. The molecule has 0 unspecified atom stereocenters. The third-order valence-electron chi connectivity index (χ3n) is 3.09. The number of rotatable bonds is 2. The molecule has 2 aromatic heterocycles. The van der Waals surface area contributed by atoms with E-state index in [9.17, 15) is 4.79 Å². The smallest absolute Gasteiger partial charge is 0.272 e. The van der Waals surface area contributed by atoms with Crippen molar-refractivity contribution in [1.82, 2.24) is 9.38 Å². The first-order chi connectivity index (χ1) is 9.65. The number of halogens is 1. The molecule has 20 heavy (non-hydrogen) atoms. The van der Waals surface area contributed by atoms with Crippen LogP contribution >= 0.6 is 11.6 Å². The number of benzene rings is 1. The lowest BCUT2D eigenvalue weighted by Gasteiger charge is -2.08. The van der Waals surface area contributed by atoms with Gasteiger partial charge in [0.1, 0.15) is 11.3 Å². The Morgan fingerprint density at radius 2 is 2.15 bits per heavy atom. The zero-order chi connectivity index (χ0) is 14.1. The van der Waals surface area contributed by atoms with Gasteiger partial charge in [0.25, 0.3) is 5.91 Å². The maximum absolute atomic E-state index is 12.3. The Kier molecular flexibility index (Phi) is 3.16. The second-order valence-electron chi connectivity index (χ2n) is 4.48. The van der Waals surface area contributed by atoms with E-state index in [4.69, 9.17) is 11.6 Å². The summed E-state index contributed by atoms with van der Waals surface area (Å²) >= 11 is 6.05. The van der Waals surface area contributed by atoms with Crippen LogP contribution in [0.4, 0.5) is 5.69 Å². The topological polar surface area (TPSA) is 46.4 Å². The number of imidazole rings is 1. The van der Waals surface area contributed by atoms with Crippen molar-refractivity contribution in [3.8, 4) is 0 Å². The summed E-state index contributed by atoms with van der Waals surface area (Å²) < 4.78 is 1.74. The van der Waals surface area contributed by atoms with E-state index in [1.807, 2.05) is 25.1 Å². The van der Waals surface area contributed by atoms with E-state index < -0.39 is 0 Å². The van der Waals surface area contributed by atoms with Gasteiger partial charge in [-0.05, 0) is 36.8 Å². The Morgan fingerprint density at radius 1 is 1.30 bits per heavy atom. The van der Waals surface area contributed by atoms with E-state index in [1.165, 1.54) is 0 Å². The summed E-state index contributed by atoms with van der Waals surface area (Å²) in [5.41, 5.74) is 2.90. The maximum Gasteiger partial charge on any atom is 0.272 e. The van der Waals surface area contributed by atoms with Gasteiger partial charge in [0.15, 0.2) is 0 Å². The molecule has 4 nitrogen and oxygen atoms in total. The molecule has 5 heteroatoms. The molecule has 3 rings (SSSR count). The highest BCUT2D eigenvalue weighted by Crippen LogP contribution is 2.20. The van der Waals surface area contributed by atoms with E-state index in [2.05, 4.69) is 10.3 Å². The number of hydrogen-bond acceptors (Lipinski definition) is 2. The van der Waals surface area contributed by atoms with Crippen molar-refractivity contribution in [3.05, 3.63) is 65.1 Å².